The lowest BCUT2D eigenvalue weighted by Crippen LogP contribution is -2.53. The maximum absolute atomic E-state index is 13.7. The molecule has 3 heterocycles. The SMILES string of the molecule is CCc1c(C(=O)N(N)N2CCCCC2)cn(-c2ccc(Cl)cc2Cl)c1-c1ccc(C#Cc2ccc(C(F)(F)F)cc2)s1. The molecular weight excluding hydrogens is 604 g/mol. The number of aromatic nitrogens is 1. The van der Waals surface area contributed by atoms with Gasteiger partial charge in [0.25, 0.3) is 5.91 Å². The highest BCUT2D eigenvalue weighted by Crippen LogP contribution is 2.38. The van der Waals surface area contributed by atoms with Crippen molar-refractivity contribution >= 4 is 40.4 Å². The van der Waals surface area contributed by atoms with Crippen molar-refractivity contribution in [3.05, 3.63) is 98.0 Å². The molecule has 1 aliphatic rings. The number of halogens is 5. The molecule has 1 aliphatic heterocycles. The monoisotopic (exact) mass is 630 g/mol. The Balaban J connectivity index is 1.55. The molecule has 0 atom stereocenters. The molecule has 2 aromatic carbocycles. The largest absolute Gasteiger partial charge is 0.416 e. The first-order chi connectivity index (χ1) is 20.1. The van der Waals surface area contributed by atoms with E-state index in [0.29, 0.717) is 51.2 Å². The number of carbonyl (C=O) groups excluding carboxylic acids is 1. The molecule has 4 aromatic rings. The van der Waals surface area contributed by atoms with Gasteiger partial charge in [0, 0.05) is 29.9 Å². The minimum absolute atomic E-state index is 0.308. The molecule has 11 heteroatoms. The summed E-state index contributed by atoms with van der Waals surface area (Å²) in [5.41, 5.74) is 2.46. The van der Waals surface area contributed by atoms with Gasteiger partial charge in [0.1, 0.15) is 0 Å². The first kappa shape index (κ1) is 30.2. The summed E-state index contributed by atoms with van der Waals surface area (Å²) in [5.74, 6) is 12.0. The van der Waals surface area contributed by atoms with Crippen LogP contribution in [0.1, 0.15) is 58.1 Å². The molecule has 0 aliphatic carbocycles. The van der Waals surface area contributed by atoms with E-state index in [2.05, 4.69) is 11.8 Å². The van der Waals surface area contributed by atoms with Crippen LogP contribution in [-0.2, 0) is 12.6 Å². The van der Waals surface area contributed by atoms with Crippen molar-refractivity contribution < 1.29 is 18.0 Å². The zero-order chi connectivity index (χ0) is 30.0. The normalized spacial score (nSPS) is 14.0. The Morgan fingerprint density at radius 1 is 1.02 bits per heavy atom. The highest BCUT2D eigenvalue weighted by molar-refractivity contribution is 7.16. The fourth-order valence-electron chi connectivity index (χ4n) is 4.97. The van der Waals surface area contributed by atoms with Crippen LogP contribution in [0.4, 0.5) is 13.2 Å². The molecule has 5 rings (SSSR count). The minimum atomic E-state index is -4.40. The standard InChI is InChI=1S/C31H27Cl2F3N4OS/c1-2-24-25(30(41)40(37)38-16-4-3-5-17-38)19-39(27-14-11-22(32)18-26(27)33)29(24)28-15-13-23(42-28)12-8-20-6-9-21(10-7-20)31(34,35)36/h6-7,9-11,13-15,18-19H,2-5,16-17,37H2,1H3. The van der Waals surface area contributed by atoms with Gasteiger partial charge >= 0.3 is 6.18 Å². The summed E-state index contributed by atoms with van der Waals surface area (Å²) in [6.07, 6.45) is 0.967. The second-order valence-corrected chi connectivity index (χ2v) is 11.8. The molecule has 0 bridgehead atoms. The van der Waals surface area contributed by atoms with Crippen molar-refractivity contribution in [2.24, 2.45) is 5.84 Å². The van der Waals surface area contributed by atoms with E-state index in [0.717, 1.165) is 47.5 Å². The van der Waals surface area contributed by atoms with Crippen LogP contribution < -0.4 is 5.84 Å². The van der Waals surface area contributed by atoms with Crippen molar-refractivity contribution in [3.63, 3.8) is 0 Å². The molecule has 0 radical (unpaired) electrons. The molecule has 1 fully saturated rings. The Bertz CT molecular complexity index is 1660. The average Bonchev–Trinajstić information content (AvgIpc) is 3.60. The van der Waals surface area contributed by atoms with Gasteiger partial charge in [-0.3, -0.25) is 4.79 Å². The summed E-state index contributed by atoms with van der Waals surface area (Å²) in [4.78, 5) is 15.3. The van der Waals surface area contributed by atoms with Gasteiger partial charge in [0.15, 0.2) is 0 Å². The predicted octanol–water partition coefficient (Wildman–Crippen LogP) is 8.21. The summed E-state index contributed by atoms with van der Waals surface area (Å²) in [7, 11) is 0. The van der Waals surface area contributed by atoms with Crippen molar-refractivity contribution in [3.8, 4) is 28.1 Å². The Labute approximate surface area is 256 Å². The van der Waals surface area contributed by atoms with Gasteiger partial charge in [-0.15, -0.1) is 11.3 Å². The fraction of sp³-hybridized carbons (Fsp3) is 0.258. The Morgan fingerprint density at radius 2 is 1.74 bits per heavy atom. The number of nitrogens with two attached hydrogens (primary N) is 1. The van der Waals surface area contributed by atoms with Crippen LogP contribution in [0.2, 0.25) is 10.0 Å². The number of rotatable bonds is 5. The van der Waals surface area contributed by atoms with Crippen LogP contribution in [-0.4, -0.2) is 33.7 Å². The third-order valence-electron chi connectivity index (χ3n) is 7.09. The first-order valence-electron chi connectivity index (χ1n) is 13.4. The van der Waals surface area contributed by atoms with E-state index < -0.39 is 11.7 Å². The number of nitrogens with zero attached hydrogens (tertiary/aromatic N) is 3. The number of hydrogen-bond acceptors (Lipinski definition) is 4. The number of thiophene rings is 1. The second-order valence-electron chi connectivity index (χ2n) is 9.84. The number of piperidine rings is 1. The summed E-state index contributed by atoms with van der Waals surface area (Å²) in [5, 5.41) is 4.00. The van der Waals surface area contributed by atoms with Gasteiger partial charge in [-0.05, 0) is 79.4 Å². The number of alkyl halides is 3. The van der Waals surface area contributed by atoms with Crippen LogP contribution >= 0.6 is 34.5 Å². The van der Waals surface area contributed by atoms with Crippen LogP contribution in [0.15, 0.2) is 60.8 Å². The van der Waals surface area contributed by atoms with Crippen LogP contribution in [0.5, 0.6) is 0 Å². The van der Waals surface area contributed by atoms with E-state index in [1.54, 1.807) is 24.4 Å². The molecule has 2 N–H and O–H groups in total. The quantitative estimate of drug-likeness (QED) is 0.105. The third-order valence-corrected chi connectivity index (χ3v) is 8.64. The second kappa shape index (κ2) is 12.5. The first-order valence-corrected chi connectivity index (χ1v) is 15.0. The number of amides is 1. The number of hydrazine groups is 2. The molecule has 5 nitrogen and oxygen atoms in total. The highest BCUT2D eigenvalue weighted by Gasteiger charge is 2.30. The number of benzene rings is 2. The topological polar surface area (TPSA) is 54.5 Å². The van der Waals surface area contributed by atoms with Crippen molar-refractivity contribution in [2.75, 3.05) is 13.1 Å². The molecule has 0 saturated carbocycles. The Kier molecular flexibility index (Phi) is 9.02. The molecule has 42 heavy (non-hydrogen) atoms. The van der Waals surface area contributed by atoms with Crippen LogP contribution in [0.3, 0.4) is 0 Å². The number of hydrogen-bond donors (Lipinski definition) is 1. The lowest BCUT2D eigenvalue weighted by molar-refractivity contribution is -0.137. The van der Waals surface area contributed by atoms with E-state index in [-0.39, 0.29) is 5.91 Å². The Hall–Kier alpha value is -3.26. The third kappa shape index (κ3) is 6.38. The maximum Gasteiger partial charge on any atom is 0.416 e. The zero-order valence-electron chi connectivity index (χ0n) is 22.6. The van der Waals surface area contributed by atoms with E-state index in [1.807, 2.05) is 28.6 Å². The molecule has 2 aromatic heterocycles. The lowest BCUT2D eigenvalue weighted by atomic mass is 10.1. The zero-order valence-corrected chi connectivity index (χ0v) is 25.0. The van der Waals surface area contributed by atoms with Gasteiger partial charge in [-0.2, -0.15) is 13.2 Å². The summed E-state index contributed by atoms with van der Waals surface area (Å²) in [6, 6.07) is 13.7. The molecule has 1 amide bonds. The van der Waals surface area contributed by atoms with Gasteiger partial charge < -0.3 is 4.57 Å². The molecule has 218 valence electrons. The summed E-state index contributed by atoms with van der Waals surface area (Å²) >= 11 is 14.2. The maximum atomic E-state index is 13.7. The van der Waals surface area contributed by atoms with E-state index in [9.17, 15) is 18.0 Å². The predicted molar refractivity (Wildman–Crippen MR) is 162 cm³/mol. The van der Waals surface area contributed by atoms with Crippen LogP contribution in [0, 0.1) is 11.8 Å². The van der Waals surface area contributed by atoms with Gasteiger partial charge in [-0.1, -0.05) is 48.4 Å². The van der Waals surface area contributed by atoms with E-state index in [1.165, 1.54) is 28.6 Å². The van der Waals surface area contributed by atoms with Gasteiger partial charge in [0.05, 0.1) is 37.3 Å². The van der Waals surface area contributed by atoms with Crippen molar-refractivity contribution in [1.82, 2.24) is 14.7 Å². The molecular formula is C31H27Cl2F3N4OS. The van der Waals surface area contributed by atoms with E-state index in [4.69, 9.17) is 29.0 Å². The number of carbonyl (C=O) groups is 1. The van der Waals surface area contributed by atoms with Crippen molar-refractivity contribution in [2.45, 2.75) is 38.8 Å². The summed E-state index contributed by atoms with van der Waals surface area (Å²) in [6.45, 7) is 3.41. The average molecular weight is 632 g/mol. The molecule has 0 spiro atoms. The van der Waals surface area contributed by atoms with Gasteiger partial charge in [0.2, 0.25) is 0 Å². The van der Waals surface area contributed by atoms with Crippen LogP contribution in [0.25, 0.3) is 16.3 Å². The smallest absolute Gasteiger partial charge is 0.313 e. The molecule has 1 saturated heterocycles. The van der Waals surface area contributed by atoms with E-state index >= 15 is 0 Å². The summed E-state index contributed by atoms with van der Waals surface area (Å²) < 4.78 is 40.6. The molecule has 0 unspecified atom stereocenters. The van der Waals surface area contributed by atoms with Crippen molar-refractivity contribution in [1.29, 1.82) is 0 Å². The Morgan fingerprint density at radius 3 is 2.38 bits per heavy atom. The highest BCUT2D eigenvalue weighted by atomic mass is 35.5. The lowest BCUT2D eigenvalue weighted by Gasteiger charge is -2.33. The fourth-order valence-corrected chi connectivity index (χ4v) is 6.40. The minimum Gasteiger partial charge on any atom is -0.313 e. The van der Waals surface area contributed by atoms with Gasteiger partial charge in [-0.25, -0.2) is 16.0 Å².